The average molecular weight is 635 g/mol. The molecule has 1 N–H and O–H groups in total. The van der Waals surface area contributed by atoms with E-state index in [1.165, 1.54) is 10.4 Å². The van der Waals surface area contributed by atoms with Gasteiger partial charge >= 0.3 is 0 Å². The minimum atomic E-state index is -3.61. The highest BCUT2D eigenvalue weighted by Gasteiger charge is 2.44. The van der Waals surface area contributed by atoms with E-state index in [9.17, 15) is 13.2 Å². The maximum Gasteiger partial charge on any atom is 0.254 e. The van der Waals surface area contributed by atoms with E-state index in [4.69, 9.17) is 4.74 Å². The summed E-state index contributed by atoms with van der Waals surface area (Å²) in [5.74, 6) is -1.30. The molecule has 2 unspecified atom stereocenters. The number of sulfonamides is 1. The Labute approximate surface area is 269 Å². The molecule has 0 bridgehead atoms. The van der Waals surface area contributed by atoms with E-state index in [1.807, 2.05) is 91.0 Å². The number of anilines is 1. The number of carbonyl (C=O) groups is 1. The molecule has 1 aliphatic heterocycles. The van der Waals surface area contributed by atoms with Crippen molar-refractivity contribution >= 4 is 21.6 Å². The fraction of sp³-hybridized carbons (Fsp3) is 0.184. The number of nitrogens with one attached hydrogen (secondary N) is 1. The van der Waals surface area contributed by atoms with Gasteiger partial charge < -0.3 is 10.1 Å². The van der Waals surface area contributed by atoms with Crippen molar-refractivity contribution in [1.82, 2.24) is 4.31 Å². The van der Waals surface area contributed by atoms with Crippen molar-refractivity contribution in [2.45, 2.75) is 42.4 Å². The molecule has 1 fully saturated rings. The maximum absolute atomic E-state index is 15.3. The number of rotatable bonds is 13. The molecule has 1 aliphatic rings. The second kappa shape index (κ2) is 14.2. The SMILES string of the molecule is O=C(Nc1cccc(F)c1CC[C@H]1CN1S(=O)(=O)c1ccccc1)C(OCc1ccccc1)C(c1ccccc1)c1ccccc1. The lowest BCUT2D eigenvalue weighted by atomic mass is 9.86. The van der Waals surface area contributed by atoms with Gasteiger partial charge in [-0.05, 0) is 53.8 Å². The van der Waals surface area contributed by atoms with Gasteiger partial charge in [-0.25, -0.2) is 12.8 Å². The number of amides is 1. The molecule has 0 spiro atoms. The highest BCUT2D eigenvalue weighted by Crippen LogP contribution is 2.34. The van der Waals surface area contributed by atoms with E-state index in [0.29, 0.717) is 24.2 Å². The number of benzene rings is 5. The van der Waals surface area contributed by atoms with Crippen molar-refractivity contribution in [2.75, 3.05) is 11.9 Å². The molecule has 8 heteroatoms. The first-order valence-corrected chi connectivity index (χ1v) is 16.8. The summed E-state index contributed by atoms with van der Waals surface area (Å²) in [5.41, 5.74) is 3.42. The third-order valence-electron chi connectivity index (χ3n) is 8.27. The van der Waals surface area contributed by atoms with Gasteiger partial charge in [0.1, 0.15) is 11.9 Å². The van der Waals surface area contributed by atoms with E-state index < -0.39 is 33.8 Å². The zero-order chi connectivity index (χ0) is 31.9. The van der Waals surface area contributed by atoms with Crippen LogP contribution in [0.2, 0.25) is 0 Å². The standard InChI is InChI=1S/C38H35FN2O4S/c39-34-22-13-23-35(33(34)25-24-31-26-41(31)46(43,44)32-20-11-4-12-21-32)40-38(42)37(45-27-28-14-5-1-6-15-28)36(29-16-7-2-8-17-29)30-18-9-3-10-19-30/h1-23,31,36-37H,24-27H2,(H,40,42)/t31-,37?,41?/m0/s1. The van der Waals surface area contributed by atoms with E-state index in [2.05, 4.69) is 5.32 Å². The molecule has 6 nitrogen and oxygen atoms in total. The molecule has 0 aliphatic carbocycles. The van der Waals surface area contributed by atoms with Crippen LogP contribution in [0.5, 0.6) is 0 Å². The third kappa shape index (κ3) is 7.26. The van der Waals surface area contributed by atoms with Gasteiger partial charge in [0.2, 0.25) is 10.0 Å². The van der Waals surface area contributed by atoms with E-state index in [0.717, 1.165) is 16.7 Å². The van der Waals surface area contributed by atoms with Crippen LogP contribution in [0.3, 0.4) is 0 Å². The quantitative estimate of drug-likeness (QED) is 0.139. The number of halogens is 1. The minimum Gasteiger partial charge on any atom is -0.363 e. The van der Waals surface area contributed by atoms with Crippen molar-refractivity contribution in [3.8, 4) is 0 Å². The molecule has 234 valence electrons. The predicted molar refractivity (Wildman–Crippen MR) is 177 cm³/mol. The summed E-state index contributed by atoms with van der Waals surface area (Å²) >= 11 is 0. The fourth-order valence-corrected chi connectivity index (χ4v) is 7.45. The van der Waals surface area contributed by atoms with Crippen LogP contribution >= 0.6 is 0 Å². The summed E-state index contributed by atoms with van der Waals surface area (Å²) in [6.45, 7) is 0.580. The Morgan fingerprint density at radius 2 is 1.35 bits per heavy atom. The highest BCUT2D eigenvalue weighted by atomic mass is 32.2. The zero-order valence-corrected chi connectivity index (χ0v) is 26.0. The number of carbonyl (C=O) groups excluding carboxylic acids is 1. The first kappa shape index (κ1) is 31.4. The van der Waals surface area contributed by atoms with Crippen molar-refractivity contribution in [2.24, 2.45) is 0 Å². The van der Waals surface area contributed by atoms with Gasteiger partial charge in [0.25, 0.3) is 5.91 Å². The Morgan fingerprint density at radius 1 is 0.783 bits per heavy atom. The Kier molecular flexibility index (Phi) is 9.68. The van der Waals surface area contributed by atoms with Crippen LogP contribution in [-0.2, 0) is 32.6 Å². The van der Waals surface area contributed by atoms with Gasteiger partial charge in [-0.2, -0.15) is 4.31 Å². The molecule has 5 aromatic carbocycles. The summed E-state index contributed by atoms with van der Waals surface area (Å²) in [5, 5.41) is 2.98. The number of ether oxygens (including phenoxy) is 1. The molecule has 5 aromatic rings. The summed E-state index contributed by atoms with van der Waals surface area (Å²) in [7, 11) is -3.61. The predicted octanol–water partition coefficient (Wildman–Crippen LogP) is 7.19. The Hall–Kier alpha value is -4.63. The molecule has 1 heterocycles. The Morgan fingerprint density at radius 3 is 1.96 bits per heavy atom. The topological polar surface area (TPSA) is 75.5 Å². The molecule has 46 heavy (non-hydrogen) atoms. The summed E-state index contributed by atoms with van der Waals surface area (Å²) < 4.78 is 49.2. The van der Waals surface area contributed by atoms with E-state index >= 15 is 4.39 Å². The second-order valence-corrected chi connectivity index (χ2v) is 13.2. The summed E-state index contributed by atoms with van der Waals surface area (Å²) in [6.07, 6.45) is -0.277. The number of hydrogen-bond acceptors (Lipinski definition) is 4. The lowest BCUT2D eigenvalue weighted by molar-refractivity contribution is -0.129. The maximum atomic E-state index is 15.3. The first-order valence-electron chi connectivity index (χ1n) is 15.3. The van der Waals surface area contributed by atoms with E-state index in [1.54, 1.807) is 42.5 Å². The van der Waals surface area contributed by atoms with Gasteiger partial charge in [-0.1, -0.05) is 115 Å². The molecule has 6 rings (SSSR count). The van der Waals surface area contributed by atoms with Crippen LogP contribution in [0.25, 0.3) is 0 Å². The molecule has 0 aromatic heterocycles. The largest absolute Gasteiger partial charge is 0.363 e. The molecule has 3 atom stereocenters. The van der Waals surface area contributed by atoms with Crippen LogP contribution in [0, 0.1) is 5.82 Å². The Bertz CT molecular complexity index is 1820. The normalized spacial score (nSPS) is 16.6. The van der Waals surface area contributed by atoms with Crippen LogP contribution in [0.4, 0.5) is 10.1 Å². The number of nitrogens with zero attached hydrogens (tertiary/aromatic N) is 1. The van der Waals surface area contributed by atoms with Gasteiger partial charge in [-0.3, -0.25) is 4.79 Å². The van der Waals surface area contributed by atoms with Crippen molar-refractivity contribution in [3.63, 3.8) is 0 Å². The third-order valence-corrected chi connectivity index (χ3v) is 10.2. The zero-order valence-electron chi connectivity index (χ0n) is 25.2. The van der Waals surface area contributed by atoms with Gasteiger partial charge in [0, 0.05) is 29.8 Å². The number of hydrogen-bond donors (Lipinski definition) is 1. The minimum absolute atomic E-state index is 0.207. The van der Waals surface area contributed by atoms with Crippen molar-refractivity contribution in [1.29, 1.82) is 0 Å². The molecule has 1 amide bonds. The second-order valence-electron chi connectivity index (χ2n) is 11.4. The summed E-state index contributed by atoms with van der Waals surface area (Å²) in [6, 6.07) is 41.8. The lowest BCUT2D eigenvalue weighted by Gasteiger charge is -2.28. The lowest BCUT2D eigenvalue weighted by Crippen LogP contribution is -2.36. The molecular weight excluding hydrogens is 599 g/mol. The molecule has 1 saturated heterocycles. The van der Waals surface area contributed by atoms with Gasteiger partial charge in [0.05, 0.1) is 11.5 Å². The smallest absolute Gasteiger partial charge is 0.254 e. The highest BCUT2D eigenvalue weighted by molar-refractivity contribution is 7.89. The first-order chi connectivity index (χ1) is 22.4. The van der Waals surface area contributed by atoms with E-state index in [-0.39, 0.29) is 24.0 Å². The van der Waals surface area contributed by atoms with Crippen LogP contribution < -0.4 is 5.32 Å². The van der Waals surface area contributed by atoms with Crippen molar-refractivity contribution < 1.29 is 22.3 Å². The molecule has 0 saturated carbocycles. The molecular formula is C38H35FN2O4S. The average Bonchev–Trinajstić information content (AvgIpc) is 3.89. The van der Waals surface area contributed by atoms with Gasteiger partial charge in [-0.15, -0.1) is 0 Å². The Balaban J connectivity index is 1.24. The van der Waals surface area contributed by atoms with Crippen molar-refractivity contribution in [3.05, 3.63) is 168 Å². The fourth-order valence-electron chi connectivity index (χ4n) is 5.81. The monoisotopic (exact) mass is 634 g/mol. The van der Waals surface area contributed by atoms with Crippen LogP contribution in [0.1, 0.15) is 34.6 Å². The summed E-state index contributed by atoms with van der Waals surface area (Å²) in [4.78, 5) is 14.5. The van der Waals surface area contributed by atoms with Gasteiger partial charge in [0.15, 0.2) is 0 Å². The van der Waals surface area contributed by atoms with Crippen LogP contribution in [0.15, 0.2) is 144 Å². The van der Waals surface area contributed by atoms with Crippen LogP contribution in [-0.4, -0.2) is 37.3 Å². The molecule has 0 radical (unpaired) electrons.